The summed E-state index contributed by atoms with van der Waals surface area (Å²) in [5.74, 6) is 0.359. The Balaban J connectivity index is 1.50. The number of fused-ring (bicyclic) bond motifs is 1. The number of carbonyl (C=O) groups excluding carboxylic acids is 1. The Morgan fingerprint density at radius 2 is 2.09 bits per heavy atom. The number of hydrogen-bond donors (Lipinski definition) is 1. The molecule has 2 fully saturated rings. The maximum atomic E-state index is 12.6. The number of H-pyrrole nitrogens is 1. The lowest BCUT2D eigenvalue weighted by Gasteiger charge is -2.37. The Hall–Kier alpha value is -1.81. The zero-order valence-electron chi connectivity index (χ0n) is 13.1. The Labute approximate surface area is 131 Å². The van der Waals surface area contributed by atoms with Crippen LogP contribution in [0.4, 0.5) is 0 Å². The third-order valence-corrected chi connectivity index (χ3v) is 5.36. The number of nitrogens with zero attached hydrogens (tertiary/aromatic N) is 2. The standard InChI is InChI=1S/C18H23N3O/c1-20-9-4-7-18(17(20)22)8-10-21(13-18)12-15-11-14-5-2-3-6-16(14)19-15/h2-3,5-6,11,19H,4,7-10,12-13H2,1H3/t18-/m0/s1. The number of rotatable bonds is 2. The van der Waals surface area contributed by atoms with Gasteiger partial charge in [0.25, 0.3) is 0 Å². The summed E-state index contributed by atoms with van der Waals surface area (Å²) in [6.45, 7) is 3.76. The molecule has 1 aromatic carbocycles. The minimum Gasteiger partial charge on any atom is -0.357 e. The van der Waals surface area contributed by atoms with E-state index in [4.69, 9.17) is 0 Å². The molecule has 22 heavy (non-hydrogen) atoms. The zero-order chi connectivity index (χ0) is 15.2. The van der Waals surface area contributed by atoms with E-state index in [1.165, 1.54) is 16.6 Å². The Kier molecular flexibility index (Phi) is 3.22. The number of amides is 1. The Morgan fingerprint density at radius 3 is 2.95 bits per heavy atom. The minimum atomic E-state index is -0.112. The van der Waals surface area contributed by atoms with E-state index in [9.17, 15) is 4.79 Å². The first-order valence-corrected chi connectivity index (χ1v) is 8.21. The molecule has 1 N–H and O–H groups in total. The molecule has 4 heteroatoms. The summed E-state index contributed by atoms with van der Waals surface area (Å²) in [6.07, 6.45) is 3.21. The van der Waals surface area contributed by atoms with Crippen molar-refractivity contribution in [2.45, 2.75) is 25.8 Å². The fraction of sp³-hybridized carbons (Fsp3) is 0.500. The Morgan fingerprint density at radius 1 is 1.23 bits per heavy atom. The third-order valence-electron chi connectivity index (χ3n) is 5.36. The Bertz CT molecular complexity index is 674. The highest BCUT2D eigenvalue weighted by molar-refractivity contribution is 5.84. The molecule has 2 aliphatic rings. The minimum absolute atomic E-state index is 0.112. The third kappa shape index (κ3) is 2.22. The van der Waals surface area contributed by atoms with Gasteiger partial charge in [0.1, 0.15) is 0 Å². The van der Waals surface area contributed by atoms with E-state index in [-0.39, 0.29) is 5.41 Å². The van der Waals surface area contributed by atoms with E-state index in [1.807, 2.05) is 11.9 Å². The number of aromatic amines is 1. The highest BCUT2D eigenvalue weighted by Crippen LogP contribution is 2.40. The van der Waals surface area contributed by atoms with Crippen LogP contribution in [0.2, 0.25) is 0 Å². The van der Waals surface area contributed by atoms with Crippen molar-refractivity contribution in [2.24, 2.45) is 5.41 Å². The van der Waals surface area contributed by atoms with Crippen LogP contribution in [-0.4, -0.2) is 47.4 Å². The molecule has 116 valence electrons. The molecule has 4 rings (SSSR count). The van der Waals surface area contributed by atoms with Gasteiger partial charge in [-0.2, -0.15) is 0 Å². The molecule has 1 amide bonds. The second-order valence-corrected chi connectivity index (χ2v) is 6.95. The molecule has 3 heterocycles. The summed E-state index contributed by atoms with van der Waals surface area (Å²) in [7, 11) is 1.95. The number of benzene rings is 1. The SMILES string of the molecule is CN1CCC[C@@]2(CCN(Cc3cc4ccccc4[nH]3)C2)C1=O. The number of carbonyl (C=O) groups is 1. The summed E-state index contributed by atoms with van der Waals surface area (Å²) in [6, 6.07) is 10.6. The monoisotopic (exact) mass is 297 g/mol. The van der Waals surface area contributed by atoms with Crippen molar-refractivity contribution in [3.8, 4) is 0 Å². The van der Waals surface area contributed by atoms with Gasteiger partial charge in [-0.1, -0.05) is 18.2 Å². The average Bonchev–Trinajstić information content (AvgIpc) is 3.09. The first-order valence-electron chi connectivity index (χ1n) is 8.21. The summed E-state index contributed by atoms with van der Waals surface area (Å²) in [4.78, 5) is 20.4. The molecule has 0 radical (unpaired) electrons. The van der Waals surface area contributed by atoms with Crippen molar-refractivity contribution in [1.29, 1.82) is 0 Å². The largest absolute Gasteiger partial charge is 0.357 e. The van der Waals surface area contributed by atoms with Gasteiger partial charge in [0.2, 0.25) is 5.91 Å². The van der Waals surface area contributed by atoms with Crippen molar-refractivity contribution in [3.63, 3.8) is 0 Å². The maximum absolute atomic E-state index is 12.6. The van der Waals surface area contributed by atoms with Gasteiger partial charge in [0, 0.05) is 37.9 Å². The lowest BCUT2D eigenvalue weighted by molar-refractivity contribution is -0.143. The van der Waals surface area contributed by atoms with Crippen molar-refractivity contribution < 1.29 is 4.79 Å². The van der Waals surface area contributed by atoms with Crippen molar-refractivity contribution in [1.82, 2.24) is 14.8 Å². The lowest BCUT2D eigenvalue weighted by Crippen LogP contribution is -2.48. The van der Waals surface area contributed by atoms with Gasteiger partial charge in [-0.25, -0.2) is 0 Å². The van der Waals surface area contributed by atoms with Crippen LogP contribution in [0.5, 0.6) is 0 Å². The highest BCUT2D eigenvalue weighted by atomic mass is 16.2. The molecule has 0 saturated carbocycles. The fourth-order valence-electron chi connectivity index (χ4n) is 4.20. The quantitative estimate of drug-likeness (QED) is 0.925. The second kappa shape index (κ2) is 5.13. The summed E-state index contributed by atoms with van der Waals surface area (Å²) in [5.41, 5.74) is 2.33. The number of aromatic nitrogens is 1. The smallest absolute Gasteiger partial charge is 0.229 e. The van der Waals surface area contributed by atoms with Gasteiger partial charge in [-0.05, 0) is 43.3 Å². The molecule has 2 aromatic rings. The van der Waals surface area contributed by atoms with E-state index < -0.39 is 0 Å². The summed E-state index contributed by atoms with van der Waals surface area (Å²) in [5, 5.41) is 1.26. The molecular weight excluding hydrogens is 274 g/mol. The predicted octanol–water partition coefficient (Wildman–Crippen LogP) is 2.61. The second-order valence-electron chi connectivity index (χ2n) is 6.95. The molecule has 2 saturated heterocycles. The lowest BCUT2D eigenvalue weighted by atomic mass is 9.78. The van der Waals surface area contributed by atoms with Crippen LogP contribution in [-0.2, 0) is 11.3 Å². The fourth-order valence-corrected chi connectivity index (χ4v) is 4.20. The van der Waals surface area contributed by atoms with Gasteiger partial charge < -0.3 is 9.88 Å². The molecule has 4 nitrogen and oxygen atoms in total. The number of nitrogens with one attached hydrogen (secondary N) is 1. The van der Waals surface area contributed by atoms with E-state index in [0.717, 1.165) is 45.4 Å². The van der Waals surface area contributed by atoms with Gasteiger partial charge in [0.15, 0.2) is 0 Å². The topological polar surface area (TPSA) is 39.3 Å². The van der Waals surface area contributed by atoms with Crippen molar-refractivity contribution in [2.75, 3.05) is 26.7 Å². The maximum Gasteiger partial charge on any atom is 0.229 e. The zero-order valence-corrected chi connectivity index (χ0v) is 13.1. The molecular formula is C18H23N3O. The molecule has 0 aliphatic carbocycles. The van der Waals surface area contributed by atoms with Crippen molar-refractivity contribution >= 4 is 16.8 Å². The van der Waals surface area contributed by atoms with E-state index in [1.54, 1.807) is 0 Å². The van der Waals surface area contributed by atoms with E-state index in [2.05, 4.69) is 40.2 Å². The summed E-state index contributed by atoms with van der Waals surface area (Å²) < 4.78 is 0. The normalized spacial score (nSPS) is 26.4. The van der Waals surface area contributed by atoms with E-state index in [0.29, 0.717) is 5.91 Å². The van der Waals surface area contributed by atoms with Crippen LogP contribution in [0.3, 0.4) is 0 Å². The average molecular weight is 297 g/mol. The van der Waals surface area contributed by atoms with Crippen molar-refractivity contribution in [3.05, 3.63) is 36.0 Å². The molecule has 1 aromatic heterocycles. The molecule has 0 unspecified atom stereocenters. The molecule has 0 bridgehead atoms. The highest BCUT2D eigenvalue weighted by Gasteiger charge is 2.47. The molecule has 1 spiro atoms. The van der Waals surface area contributed by atoms with Gasteiger partial charge >= 0.3 is 0 Å². The van der Waals surface area contributed by atoms with Gasteiger partial charge in [0.05, 0.1) is 5.41 Å². The van der Waals surface area contributed by atoms with Crippen LogP contribution in [0.15, 0.2) is 30.3 Å². The van der Waals surface area contributed by atoms with Crippen LogP contribution in [0.1, 0.15) is 25.0 Å². The number of para-hydroxylation sites is 1. The predicted molar refractivity (Wildman–Crippen MR) is 87.5 cm³/mol. The van der Waals surface area contributed by atoms with Gasteiger partial charge in [-0.3, -0.25) is 9.69 Å². The molecule has 2 aliphatic heterocycles. The number of hydrogen-bond acceptors (Lipinski definition) is 2. The number of likely N-dealkylation sites (tertiary alicyclic amines) is 2. The molecule has 1 atom stereocenters. The van der Waals surface area contributed by atoms with Crippen LogP contribution in [0, 0.1) is 5.41 Å². The summed E-state index contributed by atoms with van der Waals surface area (Å²) >= 11 is 0. The number of piperidine rings is 1. The first kappa shape index (κ1) is 13.8. The van der Waals surface area contributed by atoms with Crippen LogP contribution >= 0.6 is 0 Å². The van der Waals surface area contributed by atoms with Crippen LogP contribution < -0.4 is 0 Å². The van der Waals surface area contributed by atoms with Gasteiger partial charge in [-0.15, -0.1) is 0 Å². The first-order chi connectivity index (χ1) is 10.7. The van der Waals surface area contributed by atoms with E-state index >= 15 is 0 Å². The van der Waals surface area contributed by atoms with Crippen LogP contribution in [0.25, 0.3) is 10.9 Å².